The Hall–Kier alpha value is -2.98. The van der Waals surface area contributed by atoms with Gasteiger partial charge in [-0.15, -0.1) is 11.3 Å². The number of piperazine rings is 1. The van der Waals surface area contributed by atoms with E-state index in [-0.39, 0.29) is 22.1 Å². The van der Waals surface area contributed by atoms with E-state index in [9.17, 15) is 17.6 Å². The van der Waals surface area contributed by atoms with Crippen LogP contribution in [0.1, 0.15) is 10.4 Å². The number of nitrogens with one attached hydrogen (secondary N) is 1. The molecule has 0 aliphatic carbocycles. The molecule has 156 valence electrons. The number of amides is 1. The Kier molecular flexibility index (Phi) is 5.69. The predicted octanol–water partition coefficient (Wildman–Crippen LogP) is 3.05. The Morgan fingerprint density at radius 3 is 2.40 bits per heavy atom. The summed E-state index contributed by atoms with van der Waals surface area (Å²) in [5.74, 6) is -0.771. The SMILES string of the molecule is O=C(c1ccccc1NS(=O)(=O)c1ccc(F)cc1)N1CCN(c2nccs2)CC1. The molecule has 1 N–H and O–H groups in total. The van der Waals surface area contributed by atoms with Gasteiger partial charge < -0.3 is 9.80 Å². The lowest BCUT2D eigenvalue weighted by Crippen LogP contribution is -2.48. The summed E-state index contributed by atoms with van der Waals surface area (Å²) in [7, 11) is -3.96. The number of halogens is 1. The van der Waals surface area contributed by atoms with Gasteiger partial charge in [-0.1, -0.05) is 12.1 Å². The average molecular weight is 447 g/mol. The topological polar surface area (TPSA) is 82.6 Å². The van der Waals surface area contributed by atoms with Gasteiger partial charge in [0, 0.05) is 37.8 Å². The molecule has 30 heavy (non-hydrogen) atoms. The highest BCUT2D eigenvalue weighted by Crippen LogP contribution is 2.24. The molecule has 1 aromatic heterocycles. The van der Waals surface area contributed by atoms with Crippen molar-refractivity contribution in [2.45, 2.75) is 4.90 Å². The van der Waals surface area contributed by atoms with Crippen molar-refractivity contribution in [3.63, 3.8) is 0 Å². The molecule has 1 aliphatic heterocycles. The highest BCUT2D eigenvalue weighted by molar-refractivity contribution is 7.92. The van der Waals surface area contributed by atoms with Crippen molar-refractivity contribution in [3.8, 4) is 0 Å². The molecule has 1 saturated heterocycles. The second-order valence-corrected chi connectivity index (χ2v) is 9.25. The summed E-state index contributed by atoms with van der Waals surface area (Å²) in [6, 6.07) is 11.0. The molecule has 0 spiro atoms. The molecule has 1 amide bonds. The lowest BCUT2D eigenvalue weighted by atomic mass is 10.1. The first-order chi connectivity index (χ1) is 14.4. The summed E-state index contributed by atoms with van der Waals surface area (Å²) in [4.78, 5) is 21.1. The van der Waals surface area contributed by atoms with Crippen LogP contribution in [-0.4, -0.2) is 50.4 Å². The van der Waals surface area contributed by atoms with Crippen LogP contribution >= 0.6 is 11.3 Å². The van der Waals surface area contributed by atoms with Crippen LogP contribution in [0.15, 0.2) is 65.0 Å². The van der Waals surface area contributed by atoms with Gasteiger partial charge in [0.15, 0.2) is 5.13 Å². The number of thiazole rings is 1. The van der Waals surface area contributed by atoms with E-state index >= 15 is 0 Å². The Balaban J connectivity index is 1.50. The molecule has 3 aromatic rings. The minimum absolute atomic E-state index is 0.0804. The average Bonchev–Trinajstić information content (AvgIpc) is 3.29. The van der Waals surface area contributed by atoms with Gasteiger partial charge in [-0.3, -0.25) is 9.52 Å². The largest absolute Gasteiger partial charge is 0.345 e. The van der Waals surface area contributed by atoms with Crippen LogP contribution in [0.3, 0.4) is 0 Å². The van der Waals surface area contributed by atoms with Crippen LogP contribution in [0.5, 0.6) is 0 Å². The summed E-state index contributed by atoms with van der Waals surface area (Å²) in [5, 5.41) is 2.84. The molecular weight excluding hydrogens is 427 g/mol. The van der Waals surface area contributed by atoms with E-state index in [2.05, 4.69) is 14.6 Å². The zero-order valence-corrected chi connectivity index (χ0v) is 17.5. The van der Waals surface area contributed by atoms with Crippen LogP contribution in [-0.2, 0) is 10.0 Å². The number of carbonyl (C=O) groups excluding carboxylic acids is 1. The number of anilines is 2. The van der Waals surface area contributed by atoms with E-state index in [1.165, 1.54) is 12.1 Å². The third-order valence-electron chi connectivity index (χ3n) is 4.78. The maximum absolute atomic E-state index is 13.1. The number of hydrogen-bond donors (Lipinski definition) is 1. The number of carbonyl (C=O) groups is 1. The summed E-state index contributed by atoms with van der Waals surface area (Å²) in [5.41, 5.74) is 0.458. The Morgan fingerprint density at radius 1 is 1.03 bits per heavy atom. The Morgan fingerprint density at radius 2 is 1.73 bits per heavy atom. The molecule has 7 nitrogen and oxygen atoms in total. The molecule has 0 unspecified atom stereocenters. The van der Waals surface area contributed by atoms with Gasteiger partial charge >= 0.3 is 0 Å². The van der Waals surface area contributed by atoms with Gasteiger partial charge in [-0.25, -0.2) is 17.8 Å². The van der Waals surface area contributed by atoms with E-state index in [1.54, 1.807) is 46.7 Å². The minimum Gasteiger partial charge on any atom is -0.345 e. The molecule has 0 bridgehead atoms. The zero-order valence-electron chi connectivity index (χ0n) is 15.9. The van der Waals surface area contributed by atoms with Crippen LogP contribution in [0.25, 0.3) is 0 Å². The van der Waals surface area contributed by atoms with Gasteiger partial charge in [0.1, 0.15) is 5.82 Å². The number of hydrogen-bond acceptors (Lipinski definition) is 6. The second-order valence-electron chi connectivity index (χ2n) is 6.70. The standard InChI is InChI=1S/C20H19FN4O3S2/c21-15-5-7-16(8-6-15)30(27,28)23-18-4-2-1-3-17(18)19(26)24-10-12-25(13-11-24)20-22-9-14-29-20/h1-9,14,23H,10-13H2. The van der Waals surface area contributed by atoms with Crippen molar-refractivity contribution >= 4 is 38.1 Å². The monoisotopic (exact) mass is 446 g/mol. The molecule has 0 atom stereocenters. The fraction of sp³-hybridized carbons (Fsp3) is 0.200. The maximum atomic E-state index is 13.1. The van der Waals surface area contributed by atoms with Gasteiger partial charge in [-0.2, -0.15) is 0 Å². The highest BCUT2D eigenvalue weighted by Gasteiger charge is 2.26. The molecule has 1 fully saturated rings. The van der Waals surface area contributed by atoms with Crippen LogP contribution in [0.4, 0.5) is 15.2 Å². The first kappa shape index (κ1) is 20.3. The van der Waals surface area contributed by atoms with Crippen molar-refractivity contribution < 1.29 is 17.6 Å². The lowest BCUT2D eigenvalue weighted by Gasteiger charge is -2.34. The summed E-state index contributed by atoms with van der Waals surface area (Å²) in [6.07, 6.45) is 1.75. The van der Waals surface area contributed by atoms with E-state index in [0.717, 1.165) is 17.3 Å². The molecule has 2 aromatic carbocycles. The quantitative estimate of drug-likeness (QED) is 0.651. The van der Waals surface area contributed by atoms with E-state index < -0.39 is 15.8 Å². The van der Waals surface area contributed by atoms with E-state index in [1.807, 2.05) is 5.38 Å². The fourth-order valence-electron chi connectivity index (χ4n) is 3.22. The van der Waals surface area contributed by atoms with E-state index in [0.29, 0.717) is 26.2 Å². The lowest BCUT2D eigenvalue weighted by molar-refractivity contribution is 0.0748. The summed E-state index contributed by atoms with van der Waals surface area (Å²) >= 11 is 1.55. The Labute approximate surface area is 177 Å². The summed E-state index contributed by atoms with van der Waals surface area (Å²) < 4.78 is 40.9. The van der Waals surface area contributed by atoms with Crippen LogP contribution in [0, 0.1) is 5.82 Å². The molecule has 2 heterocycles. The van der Waals surface area contributed by atoms with Crippen LogP contribution < -0.4 is 9.62 Å². The number of sulfonamides is 1. The maximum Gasteiger partial charge on any atom is 0.261 e. The number of aromatic nitrogens is 1. The predicted molar refractivity (Wildman–Crippen MR) is 114 cm³/mol. The fourth-order valence-corrected chi connectivity index (χ4v) is 5.00. The van der Waals surface area contributed by atoms with Crippen molar-refractivity contribution in [2.75, 3.05) is 35.8 Å². The van der Waals surface area contributed by atoms with E-state index in [4.69, 9.17) is 0 Å². The molecular formula is C20H19FN4O3S2. The van der Waals surface area contributed by atoms with Gasteiger partial charge in [0.05, 0.1) is 16.1 Å². The van der Waals surface area contributed by atoms with Crippen molar-refractivity contribution in [1.82, 2.24) is 9.88 Å². The van der Waals surface area contributed by atoms with Crippen molar-refractivity contribution in [3.05, 3.63) is 71.5 Å². The number of benzene rings is 2. The van der Waals surface area contributed by atoms with Gasteiger partial charge in [-0.05, 0) is 36.4 Å². The van der Waals surface area contributed by atoms with Gasteiger partial charge in [0.2, 0.25) is 0 Å². The Bertz CT molecular complexity index is 1130. The van der Waals surface area contributed by atoms with Crippen LogP contribution in [0.2, 0.25) is 0 Å². The zero-order chi connectivity index (χ0) is 21.1. The smallest absolute Gasteiger partial charge is 0.261 e. The number of para-hydroxylation sites is 1. The normalized spacial score (nSPS) is 14.6. The molecule has 10 heteroatoms. The molecule has 4 rings (SSSR count). The third kappa shape index (κ3) is 4.29. The first-order valence-electron chi connectivity index (χ1n) is 9.25. The number of nitrogens with zero attached hydrogens (tertiary/aromatic N) is 3. The van der Waals surface area contributed by atoms with Crippen molar-refractivity contribution in [1.29, 1.82) is 0 Å². The molecule has 0 radical (unpaired) electrons. The number of rotatable bonds is 5. The first-order valence-corrected chi connectivity index (χ1v) is 11.6. The molecule has 0 saturated carbocycles. The molecule has 1 aliphatic rings. The third-order valence-corrected chi connectivity index (χ3v) is 7.00. The van der Waals surface area contributed by atoms with Gasteiger partial charge in [0.25, 0.3) is 15.9 Å². The highest BCUT2D eigenvalue weighted by atomic mass is 32.2. The minimum atomic E-state index is -3.96. The van der Waals surface area contributed by atoms with Crippen molar-refractivity contribution in [2.24, 2.45) is 0 Å². The summed E-state index contributed by atoms with van der Waals surface area (Å²) in [6.45, 7) is 2.33. The second kappa shape index (κ2) is 8.41.